The molecule has 0 saturated carbocycles. The Bertz CT molecular complexity index is 648. The zero-order valence-corrected chi connectivity index (χ0v) is 16.4. The van der Waals surface area contributed by atoms with Gasteiger partial charge in [-0.3, -0.25) is 4.90 Å². The maximum absolute atomic E-state index is 9.89. The zero-order valence-electron chi connectivity index (χ0n) is 16.4. The number of aliphatic hydroxyl groups is 1. The summed E-state index contributed by atoms with van der Waals surface area (Å²) < 4.78 is 16.5. The lowest BCUT2D eigenvalue weighted by Crippen LogP contribution is -2.47. The summed E-state index contributed by atoms with van der Waals surface area (Å²) in [7, 11) is 3.84. The van der Waals surface area contributed by atoms with Gasteiger partial charge in [0.15, 0.2) is 11.5 Å². The van der Waals surface area contributed by atoms with Crippen molar-refractivity contribution < 1.29 is 19.3 Å². The van der Waals surface area contributed by atoms with Crippen molar-refractivity contribution in [2.75, 3.05) is 73.4 Å². The van der Waals surface area contributed by atoms with Crippen molar-refractivity contribution >= 4 is 0 Å². The Labute approximate surface area is 161 Å². The highest BCUT2D eigenvalue weighted by Crippen LogP contribution is 2.42. The van der Waals surface area contributed by atoms with Gasteiger partial charge in [-0.2, -0.15) is 0 Å². The predicted octanol–water partition coefficient (Wildman–Crippen LogP) is 0.712. The van der Waals surface area contributed by atoms with Crippen LogP contribution in [0.3, 0.4) is 0 Å². The number of hydrogen-bond donors (Lipinski definition) is 1. The molecule has 150 valence electrons. The van der Waals surface area contributed by atoms with Crippen LogP contribution >= 0.6 is 0 Å². The molecule has 0 radical (unpaired) electrons. The molecule has 3 heterocycles. The minimum atomic E-state index is 0.249. The number of nitrogens with zero attached hydrogens (tertiary/aromatic N) is 3. The van der Waals surface area contributed by atoms with Gasteiger partial charge in [0, 0.05) is 59.0 Å². The molecule has 2 atom stereocenters. The highest BCUT2D eigenvalue weighted by atomic mass is 16.7. The molecule has 3 aliphatic rings. The van der Waals surface area contributed by atoms with Crippen LogP contribution < -0.4 is 14.2 Å². The summed E-state index contributed by atoms with van der Waals surface area (Å²) >= 11 is 0. The maximum Gasteiger partial charge on any atom is 0.231 e. The first-order chi connectivity index (χ1) is 13.2. The number of methoxy groups -OCH3 is 1. The molecule has 0 spiro atoms. The SMILES string of the molecule is COc1cc(CN2C[C@@H](CN3CCN(C)CC3)[C@@H](CO)C2)cc2c1OCO2. The van der Waals surface area contributed by atoms with Gasteiger partial charge in [0.05, 0.1) is 7.11 Å². The largest absolute Gasteiger partial charge is 0.493 e. The monoisotopic (exact) mass is 377 g/mol. The molecular formula is C20H31N3O4. The topological polar surface area (TPSA) is 57.6 Å². The van der Waals surface area contributed by atoms with E-state index in [-0.39, 0.29) is 13.4 Å². The molecule has 0 bridgehead atoms. The smallest absolute Gasteiger partial charge is 0.231 e. The first kappa shape index (κ1) is 18.8. The van der Waals surface area contributed by atoms with Crippen LogP contribution in [0.5, 0.6) is 17.2 Å². The van der Waals surface area contributed by atoms with Gasteiger partial charge in [0.1, 0.15) is 0 Å². The predicted molar refractivity (Wildman–Crippen MR) is 102 cm³/mol. The van der Waals surface area contributed by atoms with Crippen LogP contribution in [-0.4, -0.2) is 93.2 Å². The normalized spacial score (nSPS) is 26.6. The standard InChI is InChI=1S/C20H31N3O4/c1-21-3-5-22(6-4-21)10-16-11-23(12-17(16)13-24)9-15-7-18(25-2)20-19(8-15)26-14-27-20/h7-8,16-17,24H,3-6,9-14H2,1-2H3/t16-,17-/m1/s1. The molecule has 2 fully saturated rings. The molecule has 7 nitrogen and oxygen atoms in total. The molecule has 0 aromatic heterocycles. The maximum atomic E-state index is 9.89. The molecular weight excluding hydrogens is 346 g/mol. The highest BCUT2D eigenvalue weighted by Gasteiger charge is 2.34. The van der Waals surface area contributed by atoms with Crippen LogP contribution in [-0.2, 0) is 6.54 Å². The van der Waals surface area contributed by atoms with E-state index in [1.807, 2.05) is 12.1 Å². The number of likely N-dealkylation sites (N-methyl/N-ethyl adjacent to an activating group) is 1. The van der Waals surface area contributed by atoms with Crippen LogP contribution in [0.4, 0.5) is 0 Å². The summed E-state index contributed by atoms with van der Waals surface area (Å²) in [5.74, 6) is 3.06. The van der Waals surface area contributed by atoms with Gasteiger partial charge in [-0.15, -0.1) is 0 Å². The summed E-state index contributed by atoms with van der Waals surface area (Å²) in [4.78, 5) is 7.38. The molecule has 1 aromatic carbocycles. The molecule has 2 saturated heterocycles. The minimum Gasteiger partial charge on any atom is -0.493 e. The first-order valence-electron chi connectivity index (χ1n) is 9.87. The Balaban J connectivity index is 1.39. The van der Waals surface area contributed by atoms with Crippen molar-refractivity contribution in [1.29, 1.82) is 0 Å². The Hall–Kier alpha value is -1.54. The Morgan fingerprint density at radius 2 is 1.85 bits per heavy atom. The number of benzene rings is 1. The first-order valence-corrected chi connectivity index (χ1v) is 9.87. The molecule has 0 unspecified atom stereocenters. The fraction of sp³-hybridized carbons (Fsp3) is 0.700. The zero-order chi connectivity index (χ0) is 18.8. The molecule has 3 aliphatic heterocycles. The third-order valence-electron chi connectivity index (χ3n) is 6.10. The van der Waals surface area contributed by atoms with Gasteiger partial charge in [-0.05, 0) is 36.6 Å². The van der Waals surface area contributed by atoms with Gasteiger partial charge >= 0.3 is 0 Å². The fourth-order valence-electron chi connectivity index (χ4n) is 4.47. The Morgan fingerprint density at radius 3 is 2.59 bits per heavy atom. The molecule has 1 aromatic rings. The van der Waals surface area contributed by atoms with Gasteiger partial charge in [0.25, 0.3) is 0 Å². The lowest BCUT2D eigenvalue weighted by molar-refractivity contribution is 0.116. The summed E-state index contributed by atoms with van der Waals surface area (Å²) in [5, 5.41) is 9.89. The van der Waals surface area contributed by atoms with E-state index >= 15 is 0 Å². The van der Waals surface area contributed by atoms with Crippen LogP contribution in [0.15, 0.2) is 12.1 Å². The van der Waals surface area contributed by atoms with Gasteiger partial charge < -0.3 is 29.1 Å². The molecule has 0 amide bonds. The second-order valence-electron chi connectivity index (χ2n) is 8.03. The van der Waals surface area contributed by atoms with Crippen molar-refractivity contribution in [1.82, 2.24) is 14.7 Å². The van der Waals surface area contributed by atoms with Gasteiger partial charge in [-0.25, -0.2) is 0 Å². The molecule has 7 heteroatoms. The van der Waals surface area contributed by atoms with E-state index in [9.17, 15) is 5.11 Å². The van der Waals surface area contributed by atoms with E-state index in [2.05, 4.69) is 21.7 Å². The number of hydrogen-bond acceptors (Lipinski definition) is 7. The lowest BCUT2D eigenvalue weighted by Gasteiger charge is -2.34. The van der Waals surface area contributed by atoms with Crippen molar-refractivity contribution in [3.05, 3.63) is 17.7 Å². The van der Waals surface area contributed by atoms with Crippen molar-refractivity contribution in [2.45, 2.75) is 6.54 Å². The number of piperazine rings is 1. The Morgan fingerprint density at radius 1 is 1.07 bits per heavy atom. The summed E-state index contributed by atoms with van der Waals surface area (Å²) in [6.45, 7) is 8.92. The average Bonchev–Trinajstić information content (AvgIpc) is 3.29. The Kier molecular flexibility index (Phi) is 5.73. The second-order valence-corrected chi connectivity index (χ2v) is 8.03. The van der Waals surface area contributed by atoms with Crippen LogP contribution in [0, 0.1) is 11.8 Å². The number of fused-ring (bicyclic) bond motifs is 1. The molecule has 1 N–H and O–H groups in total. The van der Waals surface area contributed by atoms with Crippen molar-refractivity contribution in [2.24, 2.45) is 11.8 Å². The van der Waals surface area contributed by atoms with Crippen LogP contribution in [0.1, 0.15) is 5.56 Å². The number of rotatable bonds is 6. The third-order valence-corrected chi connectivity index (χ3v) is 6.10. The van der Waals surface area contributed by atoms with E-state index in [1.165, 1.54) is 0 Å². The van der Waals surface area contributed by atoms with Gasteiger partial charge in [0.2, 0.25) is 12.5 Å². The van der Waals surface area contributed by atoms with Crippen molar-refractivity contribution in [3.63, 3.8) is 0 Å². The van der Waals surface area contributed by atoms with E-state index in [4.69, 9.17) is 14.2 Å². The highest BCUT2D eigenvalue weighted by molar-refractivity contribution is 5.55. The fourth-order valence-corrected chi connectivity index (χ4v) is 4.47. The average molecular weight is 377 g/mol. The number of ether oxygens (including phenoxy) is 3. The minimum absolute atomic E-state index is 0.249. The summed E-state index contributed by atoms with van der Waals surface area (Å²) in [6, 6.07) is 4.09. The quantitative estimate of drug-likeness (QED) is 0.784. The van der Waals surface area contributed by atoms with E-state index in [0.717, 1.165) is 69.4 Å². The van der Waals surface area contributed by atoms with E-state index < -0.39 is 0 Å². The molecule has 4 rings (SSSR count). The number of likely N-dealkylation sites (tertiary alicyclic amines) is 1. The van der Waals surface area contributed by atoms with Gasteiger partial charge in [-0.1, -0.05) is 0 Å². The second kappa shape index (κ2) is 8.22. The third kappa shape index (κ3) is 4.16. The van der Waals surface area contributed by atoms with E-state index in [0.29, 0.717) is 17.6 Å². The summed E-state index contributed by atoms with van der Waals surface area (Å²) in [5.41, 5.74) is 1.16. The van der Waals surface area contributed by atoms with Crippen LogP contribution in [0.2, 0.25) is 0 Å². The molecule has 27 heavy (non-hydrogen) atoms. The number of aliphatic hydroxyl groups excluding tert-OH is 1. The van der Waals surface area contributed by atoms with E-state index in [1.54, 1.807) is 7.11 Å². The van der Waals surface area contributed by atoms with Crippen LogP contribution in [0.25, 0.3) is 0 Å². The van der Waals surface area contributed by atoms with Crippen molar-refractivity contribution in [3.8, 4) is 17.2 Å². The molecule has 0 aliphatic carbocycles. The lowest BCUT2D eigenvalue weighted by atomic mass is 9.96. The summed E-state index contributed by atoms with van der Waals surface area (Å²) in [6.07, 6.45) is 0.